The van der Waals surface area contributed by atoms with Crippen molar-refractivity contribution in [1.29, 1.82) is 0 Å². The van der Waals surface area contributed by atoms with Crippen molar-refractivity contribution in [2.45, 2.75) is 37.6 Å². The molecule has 6 N–H and O–H groups in total. The van der Waals surface area contributed by atoms with Crippen molar-refractivity contribution in [3.05, 3.63) is 35.9 Å². The molecule has 0 aliphatic carbocycles. The second-order valence-corrected chi connectivity index (χ2v) is 5.97. The maximum atomic E-state index is 12.2. The summed E-state index contributed by atoms with van der Waals surface area (Å²) in [5.74, 6) is -2.75. The minimum absolute atomic E-state index is 0.0538. The van der Waals surface area contributed by atoms with Crippen LogP contribution in [0, 0.1) is 0 Å². The number of rotatable bonds is 9. The van der Waals surface area contributed by atoms with Gasteiger partial charge < -0.3 is 26.6 Å². The van der Waals surface area contributed by atoms with Gasteiger partial charge in [-0.2, -0.15) is 12.6 Å². The third kappa shape index (κ3) is 6.73. The number of carbonyl (C=O) groups excluding carboxylic acids is 2. The van der Waals surface area contributed by atoms with Crippen LogP contribution in [0.15, 0.2) is 30.3 Å². The molecule has 0 aliphatic heterocycles. The second-order valence-electron chi connectivity index (χ2n) is 5.61. The molecule has 1 rings (SSSR count). The number of hydrogen-bond donors (Lipinski definition) is 6. The van der Waals surface area contributed by atoms with Crippen molar-refractivity contribution in [2.75, 3.05) is 5.75 Å². The van der Waals surface area contributed by atoms with Crippen molar-refractivity contribution in [3.8, 4) is 0 Å². The number of aliphatic hydroxyl groups excluding tert-OH is 1. The fourth-order valence-corrected chi connectivity index (χ4v) is 2.33. The van der Waals surface area contributed by atoms with Crippen LogP contribution in [0.2, 0.25) is 0 Å². The Kier molecular flexibility index (Phi) is 8.39. The van der Waals surface area contributed by atoms with E-state index in [1.165, 1.54) is 6.92 Å². The average molecular weight is 369 g/mol. The van der Waals surface area contributed by atoms with Gasteiger partial charge in [-0.05, 0) is 18.9 Å². The summed E-state index contributed by atoms with van der Waals surface area (Å²) < 4.78 is 0. The van der Waals surface area contributed by atoms with E-state index in [4.69, 9.17) is 10.8 Å². The summed E-state index contributed by atoms with van der Waals surface area (Å²) in [6.45, 7) is 1.24. The Balaban J connectivity index is 2.65. The van der Waals surface area contributed by atoms with E-state index >= 15 is 0 Å². The fraction of sp³-hybridized carbons (Fsp3) is 0.438. The largest absolute Gasteiger partial charge is 0.480 e. The highest BCUT2D eigenvalue weighted by atomic mass is 32.1. The van der Waals surface area contributed by atoms with Crippen LogP contribution in [0.5, 0.6) is 0 Å². The first kappa shape index (κ1) is 20.9. The number of thiol groups is 1. The number of amides is 2. The van der Waals surface area contributed by atoms with Gasteiger partial charge in [0.05, 0.1) is 12.1 Å². The van der Waals surface area contributed by atoms with Crippen molar-refractivity contribution in [3.63, 3.8) is 0 Å². The Bertz CT molecular complexity index is 597. The molecule has 8 nitrogen and oxygen atoms in total. The summed E-state index contributed by atoms with van der Waals surface area (Å²) in [6, 6.07) is 5.73. The highest BCUT2D eigenvalue weighted by Gasteiger charge is 2.29. The van der Waals surface area contributed by atoms with E-state index in [0.717, 1.165) is 5.56 Å². The number of hydrogen-bond acceptors (Lipinski definition) is 6. The van der Waals surface area contributed by atoms with Crippen LogP contribution < -0.4 is 16.4 Å². The molecule has 0 aromatic heterocycles. The zero-order valence-corrected chi connectivity index (χ0v) is 14.6. The predicted octanol–water partition coefficient (Wildman–Crippen LogP) is -1.08. The summed E-state index contributed by atoms with van der Waals surface area (Å²) in [5, 5.41) is 23.0. The molecular formula is C16H23N3O5S. The second kappa shape index (κ2) is 10.0. The van der Waals surface area contributed by atoms with Gasteiger partial charge in [-0.25, -0.2) is 4.79 Å². The lowest BCUT2D eigenvalue weighted by molar-refractivity contribution is -0.145. The molecule has 138 valence electrons. The van der Waals surface area contributed by atoms with Gasteiger partial charge in [0, 0.05) is 5.75 Å². The molecule has 1 aromatic carbocycles. The molecule has 0 heterocycles. The van der Waals surface area contributed by atoms with E-state index in [-0.39, 0.29) is 5.75 Å². The standard InChI is InChI=1S/C16H23N3O5S/c1-9(20)13(16(23)24)19-15(22)12(8-25)18-14(21)11(17)7-10-5-3-2-4-6-10/h2-6,9,11-13,20,25H,7-8,17H2,1H3,(H,18,21)(H,19,22)(H,23,24). The van der Waals surface area contributed by atoms with Gasteiger partial charge in [0.1, 0.15) is 6.04 Å². The summed E-state index contributed by atoms with van der Waals surface area (Å²) in [4.78, 5) is 35.3. The Morgan fingerprint density at radius 2 is 1.76 bits per heavy atom. The average Bonchev–Trinajstić information content (AvgIpc) is 2.57. The molecular weight excluding hydrogens is 346 g/mol. The highest BCUT2D eigenvalue weighted by Crippen LogP contribution is 2.03. The zero-order valence-electron chi connectivity index (χ0n) is 13.8. The van der Waals surface area contributed by atoms with Gasteiger partial charge in [-0.1, -0.05) is 30.3 Å². The van der Waals surface area contributed by atoms with Crippen molar-refractivity contribution < 1.29 is 24.6 Å². The molecule has 0 radical (unpaired) electrons. The van der Waals surface area contributed by atoms with Gasteiger partial charge >= 0.3 is 5.97 Å². The molecule has 0 saturated carbocycles. The Morgan fingerprint density at radius 3 is 2.24 bits per heavy atom. The molecule has 0 bridgehead atoms. The molecule has 9 heteroatoms. The van der Waals surface area contributed by atoms with E-state index in [9.17, 15) is 19.5 Å². The minimum atomic E-state index is -1.48. The number of benzene rings is 1. The summed E-state index contributed by atoms with van der Waals surface area (Å²) in [7, 11) is 0. The number of carboxylic acid groups (broad SMARTS) is 1. The lowest BCUT2D eigenvalue weighted by Crippen LogP contribution is -2.57. The van der Waals surface area contributed by atoms with E-state index in [1.54, 1.807) is 0 Å². The Hall–Kier alpha value is -2.10. The smallest absolute Gasteiger partial charge is 0.328 e. The molecule has 4 atom stereocenters. The van der Waals surface area contributed by atoms with Crippen LogP contribution in [-0.4, -0.2) is 58.0 Å². The van der Waals surface area contributed by atoms with Crippen LogP contribution in [0.1, 0.15) is 12.5 Å². The van der Waals surface area contributed by atoms with Crippen LogP contribution in [0.4, 0.5) is 0 Å². The number of carbonyl (C=O) groups is 3. The molecule has 4 unspecified atom stereocenters. The van der Waals surface area contributed by atoms with Gasteiger partial charge in [0.25, 0.3) is 0 Å². The van der Waals surface area contributed by atoms with Crippen molar-refractivity contribution >= 4 is 30.4 Å². The number of nitrogens with one attached hydrogen (secondary N) is 2. The molecule has 0 aliphatic rings. The van der Waals surface area contributed by atoms with E-state index in [1.807, 2.05) is 30.3 Å². The number of aliphatic carboxylic acids is 1. The molecule has 25 heavy (non-hydrogen) atoms. The molecule has 0 saturated heterocycles. The lowest BCUT2D eigenvalue weighted by atomic mass is 10.1. The van der Waals surface area contributed by atoms with Crippen LogP contribution in [-0.2, 0) is 20.8 Å². The molecule has 0 spiro atoms. The van der Waals surface area contributed by atoms with E-state index in [0.29, 0.717) is 6.42 Å². The van der Waals surface area contributed by atoms with Gasteiger partial charge in [-0.15, -0.1) is 0 Å². The van der Waals surface area contributed by atoms with E-state index in [2.05, 4.69) is 23.3 Å². The third-order valence-corrected chi connectivity index (χ3v) is 3.86. The predicted molar refractivity (Wildman–Crippen MR) is 95.2 cm³/mol. The number of aliphatic hydroxyl groups is 1. The normalized spacial score (nSPS) is 15.5. The first-order valence-corrected chi connectivity index (χ1v) is 8.31. The van der Waals surface area contributed by atoms with Crippen LogP contribution in [0.25, 0.3) is 0 Å². The van der Waals surface area contributed by atoms with Gasteiger partial charge in [-0.3, -0.25) is 9.59 Å². The van der Waals surface area contributed by atoms with Crippen LogP contribution in [0.3, 0.4) is 0 Å². The Labute approximate surface area is 151 Å². The number of nitrogens with two attached hydrogens (primary N) is 1. The van der Waals surface area contributed by atoms with Crippen LogP contribution >= 0.6 is 12.6 Å². The SMILES string of the molecule is CC(O)C(NC(=O)C(CS)NC(=O)C(N)Cc1ccccc1)C(=O)O. The highest BCUT2D eigenvalue weighted by molar-refractivity contribution is 7.80. The monoisotopic (exact) mass is 369 g/mol. The third-order valence-electron chi connectivity index (χ3n) is 3.50. The Morgan fingerprint density at radius 1 is 1.16 bits per heavy atom. The zero-order chi connectivity index (χ0) is 19.0. The quantitative estimate of drug-likeness (QED) is 0.306. The fourth-order valence-electron chi connectivity index (χ4n) is 2.08. The summed E-state index contributed by atoms with van der Waals surface area (Å²) in [5.41, 5.74) is 6.72. The number of carboxylic acids is 1. The van der Waals surface area contributed by atoms with E-state index < -0.39 is 42.0 Å². The molecule has 2 amide bonds. The van der Waals surface area contributed by atoms with Gasteiger partial charge in [0.2, 0.25) is 11.8 Å². The summed E-state index contributed by atoms with van der Waals surface area (Å²) >= 11 is 4.00. The first-order chi connectivity index (χ1) is 11.8. The molecule has 0 fully saturated rings. The van der Waals surface area contributed by atoms with Crippen molar-refractivity contribution in [1.82, 2.24) is 10.6 Å². The maximum absolute atomic E-state index is 12.2. The summed E-state index contributed by atoms with van der Waals surface area (Å²) in [6.07, 6.45) is -1.00. The van der Waals surface area contributed by atoms with Gasteiger partial charge in [0.15, 0.2) is 6.04 Å². The minimum Gasteiger partial charge on any atom is -0.480 e. The first-order valence-electron chi connectivity index (χ1n) is 7.68. The molecule has 1 aromatic rings. The van der Waals surface area contributed by atoms with Crippen molar-refractivity contribution in [2.24, 2.45) is 5.73 Å². The lowest BCUT2D eigenvalue weighted by Gasteiger charge is -2.22. The maximum Gasteiger partial charge on any atom is 0.328 e. The topological polar surface area (TPSA) is 142 Å².